The predicted octanol–water partition coefficient (Wildman–Crippen LogP) is 2.49. The van der Waals surface area contributed by atoms with E-state index in [-0.39, 0.29) is 5.91 Å². The highest BCUT2D eigenvalue weighted by molar-refractivity contribution is 9.10. The molecule has 142 valence electrons. The maximum Gasteiger partial charge on any atom is 0.295 e. The summed E-state index contributed by atoms with van der Waals surface area (Å²) in [6.07, 6.45) is 3.11. The minimum Gasteiger partial charge on any atom is -0.358 e. The molecule has 0 spiro atoms. The van der Waals surface area contributed by atoms with E-state index < -0.39 is 11.7 Å². The summed E-state index contributed by atoms with van der Waals surface area (Å²) in [6.45, 7) is 1.46. The molecule has 8 heteroatoms. The van der Waals surface area contributed by atoms with Crippen molar-refractivity contribution in [3.05, 3.63) is 64.5 Å². The van der Waals surface area contributed by atoms with Crippen LogP contribution in [0, 0.1) is 0 Å². The minimum atomic E-state index is -0.563. The molecule has 1 saturated heterocycles. The van der Waals surface area contributed by atoms with Gasteiger partial charge in [0.1, 0.15) is 4.60 Å². The molecular weight excluding hydrogens is 424 g/mol. The summed E-state index contributed by atoms with van der Waals surface area (Å²) in [5, 5.41) is 0.651. The SMILES string of the molecule is O=C(C(=O)N1CCN(C(=O)c2ccccc2)CC1)c1c[nH]c2c(Br)nccc12. The number of halogens is 1. The summed E-state index contributed by atoms with van der Waals surface area (Å²) in [5.41, 5.74) is 1.62. The highest BCUT2D eigenvalue weighted by Gasteiger charge is 2.30. The number of carbonyl (C=O) groups is 3. The average molecular weight is 441 g/mol. The molecule has 0 bridgehead atoms. The first-order valence-electron chi connectivity index (χ1n) is 8.86. The van der Waals surface area contributed by atoms with Crippen LogP contribution >= 0.6 is 15.9 Å². The second kappa shape index (κ2) is 7.55. The van der Waals surface area contributed by atoms with Crippen LogP contribution in [0.4, 0.5) is 0 Å². The molecule has 0 saturated carbocycles. The predicted molar refractivity (Wildman–Crippen MR) is 107 cm³/mol. The second-order valence-corrected chi connectivity index (χ2v) is 7.26. The number of piperazine rings is 1. The Morgan fingerprint density at radius 3 is 2.36 bits per heavy atom. The quantitative estimate of drug-likeness (QED) is 0.385. The van der Waals surface area contributed by atoms with Crippen LogP contribution in [0.2, 0.25) is 0 Å². The summed E-state index contributed by atoms with van der Waals surface area (Å²) in [5.74, 6) is -1.18. The number of H-pyrrole nitrogens is 1. The number of benzene rings is 1. The van der Waals surface area contributed by atoms with Gasteiger partial charge in [-0.15, -0.1) is 0 Å². The molecule has 0 aliphatic carbocycles. The first kappa shape index (κ1) is 18.4. The van der Waals surface area contributed by atoms with Gasteiger partial charge in [-0.3, -0.25) is 14.4 Å². The van der Waals surface area contributed by atoms with E-state index >= 15 is 0 Å². The van der Waals surface area contributed by atoms with Gasteiger partial charge in [0.25, 0.3) is 17.6 Å². The zero-order valence-corrected chi connectivity index (χ0v) is 16.5. The highest BCUT2D eigenvalue weighted by atomic mass is 79.9. The Balaban J connectivity index is 1.44. The fraction of sp³-hybridized carbons (Fsp3) is 0.200. The third-order valence-electron chi connectivity index (χ3n) is 4.87. The molecule has 2 aromatic heterocycles. The zero-order chi connectivity index (χ0) is 19.7. The molecule has 0 radical (unpaired) electrons. The van der Waals surface area contributed by atoms with Crippen LogP contribution < -0.4 is 0 Å². The van der Waals surface area contributed by atoms with E-state index in [9.17, 15) is 14.4 Å². The van der Waals surface area contributed by atoms with E-state index in [2.05, 4.69) is 25.9 Å². The number of nitrogens with one attached hydrogen (secondary N) is 1. The van der Waals surface area contributed by atoms with Gasteiger partial charge in [0, 0.05) is 49.5 Å². The summed E-state index contributed by atoms with van der Waals surface area (Å²) in [6, 6.07) is 10.7. The van der Waals surface area contributed by atoms with E-state index in [1.54, 1.807) is 29.3 Å². The molecule has 0 atom stereocenters. The van der Waals surface area contributed by atoms with Crippen LogP contribution in [0.3, 0.4) is 0 Å². The smallest absolute Gasteiger partial charge is 0.295 e. The Hall–Kier alpha value is -3.00. The summed E-state index contributed by atoms with van der Waals surface area (Å²) in [4.78, 5) is 48.3. The zero-order valence-electron chi connectivity index (χ0n) is 14.9. The molecule has 1 aliphatic rings. The second-order valence-electron chi connectivity index (χ2n) is 6.51. The monoisotopic (exact) mass is 440 g/mol. The van der Waals surface area contributed by atoms with Crippen molar-refractivity contribution in [2.75, 3.05) is 26.2 Å². The van der Waals surface area contributed by atoms with Gasteiger partial charge in [-0.25, -0.2) is 4.98 Å². The van der Waals surface area contributed by atoms with Gasteiger partial charge in [-0.1, -0.05) is 18.2 Å². The topological polar surface area (TPSA) is 86.4 Å². The molecule has 1 aliphatic heterocycles. The maximum atomic E-state index is 12.7. The minimum absolute atomic E-state index is 0.0620. The molecular formula is C20H17BrN4O3. The number of carbonyl (C=O) groups excluding carboxylic acids is 3. The molecule has 3 heterocycles. The van der Waals surface area contributed by atoms with Gasteiger partial charge in [-0.05, 0) is 34.1 Å². The van der Waals surface area contributed by atoms with Gasteiger partial charge in [0.15, 0.2) is 0 Å². The third kappa shape index (κ3) is 3.31. The molecule has 4 rings (SSSR count). The van der Waals surface area contributed by atoms with Crippen molar-refractivity contribution in [3.8, 4) is 0 Å². The molecule has 28 heavy (non-hydrogen) atoms. The van der Waals surface area contributed by atoms with Gasteiger partial charge in [-0.2, -0.15) is 0 Å². The summed E-state index contributed by atoms with van der Waals surface area (Å²) >= 11 is 3.33. The summed E-state index contributed by atoms with van der Waals surface area (Å²) in [7, 11) is 0. The van der Waals surface area contributed by atoms with Crippen molar-refractivity contribution < 1.29 is 14.4 Å². The number of pyridine rings is 1. The van der Waals surface area contributed by atoms with Crippen molar-refractivity contribution in [1.82, 2.24) is 19.8 Å². The lowest BCUT2D eigenvalue weighted by Crippen LogP contribution is -2.52. The number of aromatic amines is 1. The number of aromatic nitrogens is 2. The fourth-order valence-electron chi connectivity index (χ4n) is 3.34. The standard InChI is InChI=1S/C20H17BrN4O3/c21-18-16-14(6-7-22-18)15(12-23-16)17(26)20(28)25-10-8-24(9-11-25)19(27)13-4-2-1-3-5-13/h1-7,12,23H,8-11H2. The number of rotatable bonds is 3. The van der Waals surface area contributed by atoms with Crippen molar-refractivity contribution >= 4 is 44.4 Å². The lowest BCUT2D eigenvalue weighted by molar-refractivity contribution is -0.127. The van der Waals surface area contributed by atoms with E-state index in [1.807, 2.05) is 18.2 Å². The van der Waals surface area contributed by atoms with Gasteiger partial charge in [0.05, 0.1) is 11.1 Å². The van der Waals surface area contributed by atoms with Crippen LogP contribution in [0.1, 0.15) is 20.7 Å². The number of ketones is 1. The number of nitrogens with zero attached hydrogens (tertiary/aromatic N) is 3. The largest absolute Gasteiger partial charge is 0.358 e. The molecule has 1 aromatic carbocycles. The van der Waals surface area contributed by atoms with Crippen molar-refractivity contribution in [3.63, 3.8) is 0 Å². The Bertz CT molecular complexity index is 1060. The van der Waals surface area contributed by atoms with E-state index in [4.69, 9.17) is 0 Å². The van der Waals surface area contributed by atoms with Crippen LogP contribution in [-0.4, -0.2) is 63.5 Å². The lowest BCUT2D eigenvalue weighted by atomic mass is 10.1. The number of hydrogen-bond acceptors (Lipinski definition) is 4. The van der Waals surface area contributed by atoms with Crippen LogP contribution in [0.25, 0.3) is 10.9 Å². The van der Waals surface area contributed by atoms with E-state index in [0.717, 1.165) is 0 Å². The molecule has 2 amide bonds. The van der Waals surface area contributed by atoms with Gasteiger partial charge >= 0.3 is 0 Å². The Kier molecular flexibility index (Phi) is 4.95. The Morgan fingerprint density at radius 1 is 0.964 bits per heavy atom. The molecule has 7 nitrogen and oxygen atoms in total. The maximum absolute atomic E-state index is 12.7. The van der Waals surface area contributed by atoms with E-state index in [0.29, 0.717) is 52.8 Å². The number of amides is 2. The summed E-state index contributed by atoms with van der Waals surface area (Å²) < 4.78 is 0.588. The van der Waals surface area contributed by atoms with Gasteiger partial charge in [0.2, 0.25) is 0 Å². The molecule has 0 unspecified atom stereocenters. The van der Waals surface area contributed by atoms with Crippen molar-refractivity contribution in [1.29, 1.82) is 0 Å². The first-order valence-corrected chi connectivity index (χ1v) is 9.65. The molecule has 3 aromatic rings. The van der Waals surface area contributed by atoms with Crippen LogP contribution in [0.15, 0.2) is 53.4 Å². The third-order valence-corrected chi connectivity index (χ3v) is 5.47. The van der Waals surface area contributed by atoms with Gasteiger partial charge < -0.3 is 14.8 Å². The fourth-order valence-corrected chi connectivity index (χ4v) is 3.79. The average Bonchev–Trinajstić information content (AvgIpc) is 3.18. The van der Waals surface area contributed by atoms with Crippen molar-refractivity contribution in [2.45, 2.75) is 0 Å². The number of hydrogen-bond donors (Lipinski definition) is 1. The van der Waals surface area contributed by atoms with Crippen molar-refractivity contribution in [2.24, 2.45) is 0 Å². The van der Waals surface area contributed by atoms with Crippen LogP contribution in [-0.2, 0) is 4.79 Å². The van der Waals surface area contributed by atoms with Crippen LogP contribution in [0.5, 0.6) is 0 Å². The molecule has 1 fully saturated rings. The highest BCUT2D eigenvalue weighted by Crippen LogP contribution is 2.24. The Morgan fingerprint density at radius 2 is 1.64 bits per heavy atom. The first-order chi connectivity index (χ1) is 13.6. The Labute approximate surface area is 169 Å². The normalized spacial score (nSPS) is 14.3. The molecule has 1 N–H and O–H groups in total. The lowest BCUT2D eigenvalue weighted by Gasteiger charge is -2.34. The number of Topliss-reactive ketones (excluding diaryl/α,β-unsaturated/α-hetero) is 1. The van der Waals surface area contributed by atoms with E-state index in [1.165, 1.54) is 11.1 Å². The number of fused-ring (bicyclic) bond motifs is 1.